The lowest BCUT2D eigenvalue weighted by Gasteiger charge is -2.06. The van der Waals surface area contributed by atoms with E-state index in [-0.39, 0.29) is 5.91 Å². The zero-order valence-corrected chi connectivity index (χ0v) is 10.7. The quantitative estimate of drug-likeness (QED) is 0.762. The molecule has 0 spiro atoms. The zero-order valence-electron chi connectivity index (χ0n) is 9.91. The van der Waals surface area contributed by atoms with Gasteiger partial charge >= 0.3 is 0 Å². The second-order valence-corrected chi connectivity index (χ2v) is 4.59. The Hall–Kier alpha value is -1.17. The van der Waals surface area contributed by atoms with Gasteiger partial charge in [-0.3, -0.25) is 9.89 Å². The summed E-state index contributed by atoms with van der Waals surface area (Å²) in [5.41, 5.74) is 0. The van der Waals surface area contributed by atoms with Crippen LogP contribution in [-0.4, -0.2) is 27.2 Å². The van der Waals surface area contributed by atoms with Crippen LogP contribution in [0.3, 0.4) is 0 Å². The molecule has 0 radical (unpaired) electrons. The fraction of sp³-hybridized carbons (Fsp3) is 0.700. The molecule has 0 saturated heterocycles. The van der Waals surface area contributed by atoms with E-state index in [9.17, 15) is 4.79 Å². The van der Waals surface area contributed by atoms with Gasteiger partial charge in [-0.2, -0.15) is 5.10 Å². The number of carbonyl (C=O) groups is 1. The van der Waals surface area contributed by atoms with Gasteiger partial charge < -0.3 is 9.88 Å². The number of hydrogen-bond acceptors (Lipinski definition) is 3. The molecular formula is C10H18N4OS. The topological polar surface area (TPSA) is 62.7 Å². The molecule has 1 amide bonds. The zero-order chi connectivity index (χ0) is 12.1. The molecule has 2 N–H and O–H groups in total. The van der Waals surface area contributed by atoms with Crippen molar-refractivity contribution in [2.75, 3.05) is 6.54 Å². The van der Waals surface area contributed by atoms with Gasteiger partial charge in [0, 0.05) is 26.4 Å². The smallest absolute Gasteiger partial charge is 0.220 e. The van der Waals surface area contributed by atoms with Gasteiger partial charge in [-0.15, -0.1) is 0 Å². The first-order valence-corrected chi connectivity index (χ1v) is 5.78. The molecule has 1 rings (SSSR count). The normalized spacial score (nSPS) is 10.8. The number of H-pyrrole nitrogens is 1. The van der Waals surface area contributed by atoms with Crippen molar-refractivity contribution in [3.8, 4) is 0 Å². The number of nitrogens with one attached hydrogen (secondary N) is 2. The molecule has 0 unspecified atom stereocenters. The van der Waals surface area contributed by atoms with Crippen LogP contribution in [0.2, 0.25) is 0 Å². The number of carbonyl (C=O) groups excluding carboxylic acids is 1. The van der Waals surface area contributed by atoms with Gasteiger partial charge in [-0.1, -0.05) is 13.8 Å². The van der Waals surface area contributed by atoms with E-state index in [0.717, 1.165) is 5.82 Å². The molecule has 0 atom stereocenters. The van der Waals surface area contributed by atoms with Crippen LogP contribution in [-0.2, 0) is 18.3 Å². The van der Waals surface area contributed by atoms with Crippen molar-refractivity contribution >= 4 is 18.1 Å². The molecular weight excluding hydrogens is 224 g/mol. The third-order valence-electron chi connectivity index (χ3n) is 2.24. The Morgan fingerprint density at radius 1 is 1.62 bits per heavy atom. The maximum atomic E-state index is 11.4. The van der Waals surface area contributed by atoms with Crippen molar-refractivity contribution in [3.05, 3.63) is 10.6 Å². The molecule has 0 aliphatic carbocycles. The third kappa shape index (κ3) is 3.77. The molecule has 16 heavy (non-hydrogen) atoms. The van der Waals surface area contributed by atoms with E-state index >= 15 is 0 Å². The Bertz CT molecular complexity index is 407. The highest BCUT2D eigenvalue weighted by Gasteiger charge is 2.05. The van der Waals surface area contributed by atoms with Crippen molar-refractivity contribution < 1.29 is 4.79 Å². The van der Waals surface area contributed by atoms with Crippen LogP contribution in [0.25, 0.3) is 0 Å². The Labute approximate surface area is 100 Å². The van der Waals surface area contributed by atoms with Crippen molar-refractivity contribution in [1.82, 2.24) is 20.1 Å². The van der Waals surface area contributed by atoms with Crippen LogP contribution in [0.4, 0.5) is 0 Å². The van der Waals surface area contributed by atoms with Crippen LogP contribution < -0.4 is 5.32 Å². The highest BCUT2D eigenvalue weighted by Crippen LogP contribution is 1.98. The molecule has 0 bridgehead atoms. The van der Waals surface area contributed by atoms with Gasteiger partial charge in [0.25, 0.3) is 0 Å². The van der Waals surface area contributed by atoms with E-state index in [0.29, 0.717) is 30.1 Å². The van der Waals surface area contributed by atoms with E-state index in [1.54, 1.807) is 0 Å². The highest BCUT2D eigenvalue weighted by molar-refractivity contribution is 7.71. The van der Waals surface area contributed by atoms with Crippen LogP contribution in [0.15, 0.2) is 0 Å². The summed E-state index contributed by atoms with van der Waals surface area (Å²) in [5.74, 6) is 1.34. The molecule has 1 aromatic heterocycles. The molecule has 0 fully saturated rings. The van der Waals surface area contributed by atoms with E-state index in [4.69, 9.17) is 12.2 Å². The minimum atomic E-state index is 0.0896. The summed E-state index contributed by atoms with van der Waals surface area (Å²) < 4.78 is 2.41. The number of aromatic nitrogens is 3. The number of amides is 1. The summed E-state index contributed by atoms with van der Waals surface area (Å²) in [6.45, 7) is 4.65. The van der Waals surface area contributed by atoms with Gasteiger partial charge in [0.15, 0.2) is 4.77 Å². The molecule has 0 aromatic carbocycles. The minimum Gasteiger partial charge on any atom is -0.356 e. The van der Waals surface area contributed by atoms with Crippen LogP contribution >= 0.6 is 12.2 Å². The van der Waals surface area contributed by atoms with E-state index < -0.39 is 0 Å². The second kappa shape index (κ2) is 5.79. The number of rotatable bonds is 5. The number of aromatic amines is 1. The van der Waals surface area contributed by atoms with Crippen molar-refractivity contribution in [1.29, 1.82) is 0 Å². The second-order valence-electron chi connectivity index (χ2n) is 4.20. The van der Waals surface area contributed by atoms with Gasteiger partial charge in [-0.05, 0) is 18.1 Å². The maximum Gasteiger partial charge on any atom is 0.220 e. The first kappa shape index (κ1) is 12.9. The molecule has 0 aliphatic heterocycles. The van der Waals surface area contributed by atoms with Crippen LogP contribution in [0.1, 0.15) is 26.1 Å². The molecule has 1 aromatic rings. The number of hydrogen-bond donors (Lipinski definition) is 2. The Kier molecular flexibility index (Phi) is 4.67. The summed E-state index contributed by atoms with van der Waals surface area (Å²) in [6, 6.07) is 0. The minimum absolute atomic E-state index is 0.0896. The summed E-state index contributed by atoms with van der Waals surface area (Å²) in [6.07, 6.45) is 1.26. The molecule has 0 aliphatic rings. The molecule has 1 heterocycles. The van der Waals surface area contributed by atoms with E-state index in [1.807, 2.05) is 25.5 Å². The Balaban J connectivity index is 2.33. The van der Waals surface area contributed by atoms with Crippen molar-refractivity contribution in [2.45, 2.75) is 26.7 Å². The summed E-state index contributed by atoms with van der Waals surface area (Å²) in [5, 5.41) is 9.64. The van der Waals surface area contributed by atoms with Gasteiger partial charge in [0.2, 0.25) is 5.91 Å². The summed E-state index contributed by atoms with van der Waals surface area (Å²) in [7, 11) is 1.86. The first-order valence-electron chi connectivity index (χ1n) is 5.37. The van der Waals surface area contributed by atoms with E-state index in [2.05, 4.69) is 15.5 Å². The lowest BCUT2D eigenvalue weighted by Crippen LogP contribution is -2.27. The van der Waals surface area contributed by atoms with Gasteiger partial charge in [-0.25, -0.2) is 0 Å². The predicted molar refractivity (Wildman–Crippen MR) is 64.6 cm³/mol. The fourth-order valence-corrected chi connectivity index (χ4v) is 1.51. The molecule has 90 valence electrons. The lowest BCUT2D eigenvalue weighted by molar-refractivity contribution is -0.121. The molecule has 5 nitrogen and oxygen atoms in total. The Morgan fingerprint density at radius 2 is 2.31 bits per heavy atom. The monoisotopic (exact) mass is 242 g/mol. The van der Waals surface area contributed by atoms with Gasteiger partial charge in [0.05, 0.1) is 0 Å². The number of nitrogens with zero attached hydrogens (tertiary/aromatic N) is 2. The first-order chi connectivity index (χ1) is 7.50. The average Bonchev–Trinajstić information content (AvgIpc) is 2.48. The standard InChI is InChI=1S/C10H18N4OS/c1-7(2)6-9(15)11-5-4-8-12-13-10(16)14(8)3/h7H,4-6H2,1-3H3,(H,11,15)(H,13,16). The lowest BCUT2D eigenvalue weighted by atomic mass is 10.1. The Morgan fingerprint density at radius 3 is 2.81 bits per heavy atom. The largest absolute Gasteiger partial charge is 0.356 e. The molecule has 6 heteroatoms. The fourth-order valence-electron chi connectivity index (χ4n) is 1.36. The van der Waals surface area contributed by atoms with Crippen LogP contribution in [0.5, 0.6) is 0 Å². The SMILES string of the molecule is CC(C)CC(=O)NCCc1n[nH]c(=S)n1C. The van der Waals surface area contributed by atoms with E-state index in [1.165, 1.54) is 0 Å². The van der Waals surface area contributed by atoms with Gasteiger partial charge in [0.1, 0.15) is 5.82 Å². The average molecular weight is 242 g/mol. The summed E-state index contributed by atoms with van der Waals surface area (Å²) in [4.78, 5) is 11.4. The van der Waals surface area contributed by atoms with Crippen molar-refractivity contribution in [2.24, 2.45) is 13.0 Å². The molecule has 0 saturated carbocycles. The maximum absolute atomic E-state index is 11.4. The van der Waals surface area contributed by atoms with Crippen LogP contribution in [0, 0.1) is 10.7 Å². The third-order valence-corrected chi connectivity index (χ3v) is 2.60. The van der Waals surface area contributed by atoms with Crippen molar-refractivity contribution in [3.63, 3.8) is 0 Å². The highest BCUT2D eigenvalue weighted by atomic mass is 32.1. The predicted octanol–water partition coefficient (Wildman–Crippen LogP) is 1.18. The summed E-state index contributed by atoms with van der Waals surface area (Å²) >= 11 is 4.99.